The second kappa shape index (κ2) is 6.67. The molecule has 0 N–H and O–H groups in total. The van der Waals surface area contributed by atoms with E-state index in [1.807, 2.05) is 55.1 Å². The predicted molar refractivity (Wildman–Crippen MR) is 89.1 cm³/mol. The van der Waals surface area contributed by atoms with Crippen LogP contribution in [0.5, 0.6) is 0 Å². The maximum Gasteiger partial charge on any atom is 0.233 e. The van der Waals surface area contributed by atoms with Crippen LogP contribution in [0.4, 0.5) is 0 Å². The molecule has 116 valence electrons. The summed E-state index contributed by atoms with van der Waals surface area (Å²) in [4.78, 5) is 18.8. The van der Waals surface area contributed by atoms with Gasteiger partial charge in [0.2, 0.25) is 5.91 Å². The number of thioether (sulfide) groups is 1. The van der Waals surface area contributed by atoms with Crippen LogP contribution in [0, 0.1) is 0 Å². The first-order chi connectivity index (χ1) is 10.6. The Labute approximate surface area is 134 Å². The Kier molecular flexibility index (Phi) is 4.64. The van der Waals surface area contributed by atoms with Crippen LogP contribution in [0.3, 0.4) is 0 Å². The number of benzene rings is 1. The zero-order valence-corrected chi connectivity index (χ0v) is 13.7. The first-order valence-corrected chi connectivity index (χ1v) is 8.52. The summed E-state index contributed by atoms with van der Waals surface area (Å²) in [5, 5.41) is 2.01. The maximum absolute atomic E-state index is 12.3. The van der Waals surface area contributed by atoms with Gasteiger partial charge in [-0.1, -0.05) is 36.0 Å². The summed E-state index contributed by atoms with van der Waals surface area (Å²) in [7, 11) is 0. The first kappa shape index (κ1) is 15.3. The van der Waals surface area contributed by atoms with Gasteiger partial charge in [0, 0.05) is 18.5 Å². The molecule has 5 heteroatoms. The average Bonchev–Trinajstić information content (AvgIpc) is 2.51. The summed E-state index contributed by atoms with van der Waals surface area (Å²) in [6, 6.07) is 12.0. The lowest BCUT2D eigenvalue weighted by Gasteiger charge is -2.35. The van der Waals surface area contributed by atoms with Gasteiger partial charge in [-0.3, -0.25) is 4.79 Å². The van der Waals surface area contributed by atoms with E-state index in [0.29, 0.717) is 18.8 Å². The number of hydrogen-bond acceptors (Lipinski definition) is 4. The number of hydrogen-bond donors (Lipinski definition) is 0. The van der Waals surface area contributed by atoms with E-state index in [-0.39, 0.29) is 18.1 Å². The molecule has 3 rings (SSSR count). The van der Waals surface area contributed by atoms with Gasteiger partial charge in [0.1, 0.15) is 0 Å². The molecule has 22 heavy (non-hydrogen) atoms. The molecule has 1 fully saturated rings. The van der Waals surface area contributed by atoms with E-state index in [1.165, 1.54) is 11.8 Å². The Hall–Kier alpha value is -1.59. The Morgan fingerprint density at radius 3 is 2.73 bits per heavy atom. The minimum atomic E-state index is 0.108. The molecule has 1 aromatic carbocycles. The van der Waals surface area contributed by atoms with Crippen LogP contribution in [-0.4, -0.2) is 46.8 Å². The number of carbonyl (C=O) groups is 1. The molecular weight excluding hydrogens is 296 g/mol. The minimum absolute atomic E-state index is 0.108. The molecule has 4 nitrogen and oxygen atoms in total. The van der Waals surface area contributed by atoms with Crippen LogP contribution in [0.25, 0.3) is 10.9 Å². The van der Waals surface area contributed by atoms with Crippen molar-refractivity contribution < 1.29 is 9.53 Å². The molecule has 0 bridgehead atoms. The molecule has 1 aromatic heterocycles. The fourth-order valence-corrected chi connectivity index (χ4v) is 3.52. The Morgan fingerprint density at radius 2 is 1.95 bits per heavy atom. The molecule has 0 spiro atoms. The molecule has 1 aliphatic heterocycles. The number of para-hydroxylation sites is 1. The minimum Gasteiger partial charge on any atom is -0.372 e. The van der Waals surface area contributed by atoms with Crippen molar-refractivity contribution in [1.82, 2.24) is 9.88 Å². The maximum atomic E-state index is 12.3. The average molecular weight is 316 g/mol. The third-order valence-corrected chi connectivity index (χ3v) is 4.60. The summed E-state index contributed by atoms with van der Waals surface area (Å²) in [6.07, 6.45) is 0.216. The van der Waals surface area contributed by atoms with Gasteiger partial charge in [0.05, 0.1) is 28.5 Å². The highest BCUT2D eigenvalue weighted by molar-refractivity contribution is 7.99. The molecule has 0 radical (unpaired) electrons. The number of fused-ring (bicyclic) bond motifs is 1. The summed E-state index contributed by atoms with van der Waals surface area (Å²) < 4.78 is 5.66. The van der Waals surface area contributed by atoms with Gasteiger partial charge in [-0.2, -0.15) is 0 Å². The molecule has 1 saturated heterocycles. The fraction of sp³-hybridized carbons (Fsp3) is 0.412. The van der Waals surface area contributed by atoms with Crippen LogP contribution in [0.2, 0.25) is 0 Å². The standard InChI is InChI=1S/C17H20N2O2S/c1-12-9-19(10-13(2)21-12)17(20)11-22-16-8-7-14-5-3-4-6-15(14)18-16/h3-8,12-13H,9-11H2,1-2H3/t12-,13-/m1/s1. The monoisotopic (exact) mass is 316 g/mol. The van der Waals surface area contributed by atoms with Crippen molar-refractivity contribution in [2.45, 2.75) is 31.1 Å². The van der Waals surface area contributed by atoms with E-state index < -0.39 is 0 Å². The van der Waals surface area contributed by atoms with E-state index in [0.717, 1.165) is 15.9 Å². The Bertz CT molecular complexity index is 667. The number of carbonyl (C=O) groups excluding carboxylic acids is 1. The third-order valence-electron chi connectivity index (χ3n) is 3.69. The SMILES string of the molecule is C[C@@H]1CN(C(=O)CSc2ccc3ccccc3n2)C[C@@H](C)O1. The van der Waals surface area contributed by atoms with Gasteiger partial charge in [-0.15, -0.1) is 0 Å². The van der Waals surface area contributed by atoms with Crippen molar-refractivity contribution in [1.29, 1.82) is 0 Å². The van der Waals surface area contributed by atoms with Crippen LogP contribution in [0.15, 0.2) is 41.4 Å². The van der Waals surface area contributed by atoms with E-state index in [1.54, 1.807) is 0 Å². The van der Waals surface area contributed by atoms with Crippen LogP contribution >= 0.6 is 11.8 Å². The van der Waals surface area contributed by atoms with Crippen molar-refractivity contribution in [3.8, 4) is 0 Å². The quantitative estimate of drug-likeness (QED) is 0.817. The van der Waals surface area contributed by atoms with E-state index >= 15 is 0 Å². The van der Waals surface area contributed by atoms with Gasteiger partial charge >= 0.3 is 0 Å². The van der Waals surface area contributed by atoms with Gasteiger partial charge in [0.15, 0.2) is 0 Å². The highest BCUT2D eigenvalue weighted by atomic mass is 32.2. The molecule has 1 aliphatic rings. The van der Waals surface area contributed by atoms with Crippen LogP contribution < -0.4 is 0 Å². The van der Waals surface area contributed by atoms with Crippen LogP contribution in [-0.2, 0) is 9.53 Å². The number of aromatic nitrogens is 1. The van der Waals surface area contributed by atoms with Crippen LogP contribution in [0.1, 0.15) is 13.8 Å². The molecule has 0 unspecified atom stereocenters. The Morgan fingerprint density at radius 1 is 1.23 bits per heavy atom. The summed E-state index contributed by atoms with van der Waals surface area (Å²) in [5.74, 6) is 0.576. The summed E-state index contributed by atoms with van der Waals surface area (Å²) in [5.41, 5.74) is 0.966. The number of nitrogens with zero attached hydrogens (tertiary/aromatic N) is 2. The number of amides is 1. The molecule has 0 saturated carbocycles. The smallest absolute Gasteiger partial charge is 0.233 e. The highest BCUT2D eigenvalue weighted by Crippen LogP contribution is 2.21. The molecular formula is C17H20N2O2S. The van der Waals surface area contributed by atoms with Crippen molar-refractivity contribution in [3.63, 3.8) is 0 Å². The lowest BCUT2D eigenvalue weighted by Crippen LogP contribution is -2.48. The van der Waals surface area contributed by atoms with Crippen molar-refractivity contribution in [3.05, 3.63) is 36.4 Å². The van der Waals surface area contributed by atoms with Gasteiger partial charge in [0.25, 0.3) is 0 Å². The lowest BCUT2D eigenvalue weighted by molar-refractivity contribution is -0.140. The topological polar surface area (TPSA) is 42.4 Å². The second-order valence-corrected chi connectivity index (χ2v) is 6.68. The molecule has 2 aromatic rings. The van der Waals surface area contributed by atoms with Crippen molar-refractivity contribution in [2.24, 2.45) is 0 Å². The normalized spacial score (nSPS) is 22.0. The largest absolute Gasteiger partial charge is 0.372 e. The summed E-state index contributed by atoms with van der Waals surface area (Å²) in [6.45, 7) is 5.37. The summed E-state index contributed by atoms with van der Waals surface area (Å²) >= 11 is 1.50. The Balaban J connectivity index is 1.62. The molecule has 2 heterocycles. The van der Waals surface area contributed by atoms with E-state index in [4.69, 9.17) is 4.74 Å². The van der Waals surface area contributed by atoms with Crippen molar-refractivity contribution in [2.75, 3.05) is 18.8 Å². The number of morpholine rings is 1. The van der Waals surface area contributed by atoms with E-state index in [2.05, 4.69) is 4.98 Å². The number of pyridine rings is 1. The third kappa shape index (κ3) is 3.59. The van der Waals surface area contributed by atoms with E-state index in [9.17, 15) is 4.79 Å². The molecule has 1 amide bonds. The fourth-order valence-electron chi connectivity index (χ4n) is 2.74. The zero-order chi connectivity index (χ0) is 15.5. The van der Waals surface area contributed by atoms with Gasteiger partial charge < -0.3 is 9.64 Å². The zero-order valence-electron chi connectivity index (χ0n) is 12.9. The van der Waals surface area contributed by atoms with Gasteiger partial charge in [-0.25, -0.2) is 4.98 Å². The van der Waals surface area contributed by atoms with Gasteiger partial charge in [-0.05, 0) is 26.0 Å². The van der Waals surface area contributed by atoms with Crippen molar-refractivity contribution >= 4 is 28.6 Å². The lowest BCUT2D eigenvalue weighted by atomic mass is 10.2. The first-order valence-electron chi connectivity index (χ1n) is 7.53. The highest BCUT2D eigenvalue weighted by Gasteiger charge is 2.25. The number of ether oxygens (including phenoxy) is 1. The number of rotatable bonds is 3. The molecule has 0 aliphatic carbocycles. The second-order valence-electron chi connectivity index (χ2n) is 5.69. The predicted octanol–water partition coefficient (Wildman–Crippen LogP) is 2.96. The molecule has 2 atom stereocenters.